The van der Waals surface area contributed by atoms with E-state index in [1.165, 1.54) is 0 Å². The van der Waals surface area contributed by atoms with Crippen LogP contribution < -0.4 is 11.2 Å². The Labute approximate surface area is 50.8 Å². The Morgan fingerprint density at radius 3 is 2.38 bits per heavy atom. The first-order chi connectivity index (χ1) is 3.66. The molecule has 0 amide bonds. The lowest BCUT2D eigenvalue weighted by atomic mass is 10.4. The van der Waals surface area contributed by atoms with Crippen LogP contribution in [0.4, 0.5) is 0 Å². The van der Waals surface area contributed by atoms with E-state index < -0.39 is 0 Å². The van der Waals surface area contributed by atoms with E-state index in [0.717, 1.165) is 6.54 Å². The molecule has 0 saturated heterocycles. The highest BCUT2D eigenvalue weighted by molar-refractivity contribution is 4.54. The van der Waals surface area contributed by atoms with Crippen LogP contribution in [0.2, 0.25) is 0 Å². The second-order valence-corrected chi connectivity index (χ2v) is 2.08. The SMILES string of the molecule is CNN(C)CC(C)N. The molecule has 0 aliphatic heterocycles. The van der Waals surface area contributed by atoms with E-state index in [1.807, 2.05) is 26.0 Å². The van der Waals surface area contributed by atoms with Crippen LogP contribution in [0.1, 0.15) is 6.92 Å². The highest BCUT2D eigenvalue weighted by atomic mass is 15.5. The number of rotatable bonds is 3. The van der Waals surface area contributed by atoms with Crippen molar-refractivity contribution in [1.82, 2.24) is 10.4 Å². The minimum absolute atomic E-state index is 0.243. The third kappa shape index (κ3) is 4.05. The van der Waals surface area contributed by atoms with Gasteiger partial charge in [-0.05, 0) is 14.0 Å². The van der Waals surface area contributed by atoms with Gasteiger partial charge in [0.25, 0.3) is 0 Å². The van der Waals surface area contributed by atoms with Crippen LogP contribution in [-0.4, -0.2) is 31.7 Å². The molecule has 3 heteroatoms. The highest BCUT2D eigenvalue weighted by Gasteiger charge is 1.95. The summed E-state index contributed by atoms with van der Waals surface area (Å²) in [7, 11) is 3.84. The minimum atomic E-state index is 0.243. The van der Waals surface area contributed by atoms with Gasteiger partial charge in [0, 0.05) is 19.6 Å². The van der Waals surface area contributed by atoms with Crippen LogP contribution in [0.25, 0.3) is 0 Å². The van der Waals surface area contributed by atoms with Crippen molar-refractivity contribution in [3.05, 3.63) is 0 Å². The summed E-state index contributed by atoms with van der Waals surface area (Å²) in [6.45, 7) is 2.87. The number of nitrogens with one attached hydrogen (secondary N) is 1. The smallest absolute Gasteiger partial charge is 0.0277 e. The maximum absolute atomic E-state index is 5.49. The third-order valence-corrected chi connectivity index (χ3v) is 0.944. The molecule has 0 heterocycles. The maximum Gasteiger partial charge on any atom is 0.0277 e. The maximum atomic E-state index is 5.49. The van der Waals surface area contributed by atoms with Crippen molar-refractivity contribution < 1.29 is 0 Å². The zero-order chi connectivity index (χ0) is 6.57. The van der Waals surface area contributed by atoms with E-state index in [4.69, 9.17) is 5.73 Å². The van der Waals surface area contributed by atoms with Crippen molar-refractivity contribution in [2.45, 2.75) is 13.0 Å². The van der Waals surface area contributed by atoms with Gasteiger partial charge < -0.3 is 5.73 Å². The van der Waals surface area contributed by atoms with Gasteiger partial charge in [-0.3, -0.25) is 5.43 Å². The van der Waals surface area contributed by atoms with Crippen molar-refractivity contribution in [2.75, 3.05) is 20.6 Å². The van der Waals surface area contributed by atoms with E-state index in [2.05, 4.69) is 5.43 Å². The fourth-order valence-corrected chi connectivity index (χ4v) is 0.523. The van der Waals surface area contributed by atoms with Gasteiger partial charge in [0.05, 0.1) is 0 Å². The Hall–Kier alpha value is -0.120. The summed E-state index contributed by atoms with van der Waals surface area (Å²) < 4.78 is 0. The molecule has 3 N–H and O–H groups in total. The molecular weight excluding hydrogens is 102 g/mol. The van der Waals surface area contributed by atoms with Crippen LogP contribution in [0.15, 0.2) is 0 Å². The fourth-order valence-electron chi connectivity index (χ4n) is 0.523. The quantitative estimate of drug-likeness (QED) is 0.485. The summed E-state index contributed by atoms with van der Waals surface area (Å²) in [6.07, 6.45) is 0. The predicted molar refractivity (Wildman–Crippen MR) is 35.3 cm³/mol. The molecule has 0 aliphatic carbocycles. The van der Waals surface area contributed by atoms with Crippen LogP contribution in [-0.2, 0) is 0 Å². The Kier molecular flexibility index (Phi) is 3.77. The monoisotopic (exact) mass is 117 g/mol. The molecule has 1 unspecified atom stereocenters. The van der Waals surface area contributed by atoms with Gasteiger partial charge in [0.15, 0.2) is 0 Å². The molecule has 0 rings (SSSR count). The lowest BCUT2D eigenvalue weighted by Crippen LogP contribution is -2.39. The average molecular weight is 117 g/mol. The summed E-state index contributed by atoms with van der Waals surface area (Å²) >= 11 is 0. The zero-order valence-corrected chi connectivity index (χ0v) is 5.81. The first kappa shape index (κ1) is 7.88. The van der Waals surface area contributed by atoms with Crippen molar-refractivity contribution in [3.8, 4) is 0 Å². The van der Waals surface area contributed by atoms with Crippen LogP contribution >= 0.6 is 0 Å². The Morgan fingerprint density at radius 1 is 1.75 bits per heavy atom. The number of nitrogens with two attached hydrogens (primary N) is 1. The van der Waals surface area contributed by atoms with Gasteiger partial charge in [0.1, 0.15) is 0 Å². The molecular formula is C5H15N3. The van der Waals surface area contributed by atoms with Gasteiger partial charge in [-0.15, -0.1) is 0 Å². The van der Waals surface area contributed by atoms with E-state index in [0.29, 0.717) is 0 Å². The summed E-state index contributed by atoms with van der Waals surface area (Å²) in [5, 5.41) is 1.95. The summed E-state index contributed by atoms with van der Waals surface area (Å²) in [6, 6.07) is 0.243. The second-order valence-electron chi connectivity index (χ2n) is 2.08. The molecule has 0 fully saturated rings. The minimum Gasteiger partial charge on any atom is -0.327 e. The van der Waals surface area contributed by atoms with Gasteiger partial charge in [-0.25, -0.2) is 5.01 Å². The summed E-state index contributed by atoms with van der Waals surface area (Å²) in [5.74, 6) is 0. The standard InChI is InChI=1S/C5H15N3/c1-5(6)4-8(3)7-2/h5,7H,4,6H2,1-3H3. The van der Waals surface area contributed by atoms with Crippen molar-refractivity contribution in [1.29, 1.82) is 0 Å². The van der Waals surface area contributed by atoms with Crippen molar-refractivity contribution in [3.63, 3.8) is 0 Å². The number of nitrogens with zero attached hydrogens (tertiary/aromatic N) is 1. The number of hydrogen-bond acceptors (Lipinski definition) is 3. The molecule has 0 radical (unpaired) electrons. The molecule has 0 bridgehead atoms. The molecule has 1 atom stereocenters. The molecule has 0 saturated carbocycles. The van der Waals surface area contributed by atoms with Crippen LogP contribution in [0.3, 0.4) is 0 Å². The fraction of sp³-hybridized carbons (Fsp3) is 1.00. The molecule has 3 nitrogen and oxygen atoms in total. The normalized spacial score (nSPS) is 14.6. The first-order valence-corrected chi connectivity index (χ1v) is 2.81. The summed E-state index contributed by atoms with van der Waals surface area (Å²) in [5.41, 5.74) is 8.44. The number of hydrazine groups is 1. The first-order valence-electron chi connectivity index (χ1n) is 2.81. The largest absolute Gasteiger partial charge is 0.327 e. The van der Waals surface area contributed by atoms with Gasteiger partial charge >= 0.3 is 0 Å². The molecule has 50 valence electrons. The molecule has 0 aromatic carbocycles. The molecule has 0 aromatic heterocycles. The zero-order valence-electron chi connectivity index (χ0n) is 5.81. The van der Waals surface area contributed by atoms with Crippen LogP contribution in [0.5, 0.6) is 0 Å². The number of likely N-dealkylation sites (N-methyl/N-ethyl adjacent to an activating group) is 1. The topological polar surface area (TPSA) is 41.3 Å². The van der Waals surface area contributed by atoms with E-state index in [-0.39, 0.29) is 6.04 Å². The Morgan fingerprint density at radius 2 is 2.25 bits per heavy atom. The Bertz CT molecular complexity index is 53.6. The van der Waals surface area contributed by atoms with Crippen molar-refractivity contribution in [2.24, 2.45) is 5.73 Å². The van der Waals surface area contributed by atoms with Crippen LogP contribution in [0, 0.1) is 0 Å². The predicted octanol–water partition coefficient (Wildman–Crippen LogP) is -0.600. The number of hydrogen-bond donors (Lipinski definition) is 2. The average Bonchev–Trinajstić information content (AvgIpc) is 1.65. The van der Waals surface area contributed by atoms with Gasteiger partial charge in [-0.1, -0.05) is 0 Å². The van der Waals surface area contributed by atoms with E-state index in [1.54, 1.807) is 0 Å². The van der Waals surface area contributed by atoms with Gasteiger partial charge in [-0.2, -0.15) is 0 Å². The second kappa shape index (κ2) is 3.83. The lowest BCUT2D eigenvalue weighted by molar-refractivity contribution is 0.248. The van der Waals surface area contributed by atoms with Gasteiger partial charge in [0.2, 0.25) is 0 Å². The molecule has 0 spiro atoms. The van der Waals surface area contributed by atoms with E-state index >= 15 is 0 Å². The Balaban J connectivity index is 3.10. The molecule has 0 aromatic rings. The lowest BCUT2D eigenvalue weighted by Gasteiger charge is -2.16. The molecule has 0 aliphatic rings. The molecule has 8 heavy (non-hydrogen) atoms. The van der Waals surface area contributed by atoms with Crippen molar-refractivity contribution >= 4 is 0 Å². The highest BCUT2D eigenvalue weighted by Crippen LogP contribution is 1.76. The third-order valence-electron chi connectivity index (χ3n) is 0.944. The summed E-state index contributed by atoms with van der Waals surface area (Å²) in [4.78, 5) is 0. The van der Waals surface area contributed by atoms with E-state index in [9.17, 15) is 0 Å².